The van der Waals surface area contributed by atoms with E-state index < -0.39 is 21.6 Å². The minimum absolute atomic E-state index is 0.119. The lowest BCUT2D eigenvalue weighted by molar-refractivity contribution is -0.163. The zero-order valence-electron chi connectivity index (χ0n) is 20.9. The number of fused-ring (bicyclic) bond motifs is 1. The van der Waals surface area contributed by atoms with E-state index >= 15 is 0 Å². The number of aliphatic hydroxyl groups is 1. The molecule has 3 rings (SSSR count). The first-order valence-electron chi connectivity index (χ1n) is 11.5. The summed E-state index contributed by atoms with van der Waals surface area (Å²) in [6.45, 7) is 3.51. The third kappa shape index (κ3) is 5.77. The monoisotopic (exact) mass is 522 g/mol. The summed E-state index contributed by atoms with van der Waals surface area (Å²) in [5, 5.41) is 10.4. The second kappa shape index (κ2) is 11.2. The molecule has 1 N–H and O–H groups in total. The Morgan fingerprint density at radius 1 is 1.26 bits per heavy atom. The molecular formula is C25H34N2O6S2. The van der Waals surface area contributed by atoms with E-state index in [0.717, 1.165) is 24.9 Å². The lowest BCUT2D eigenvalue weighted by Gasteiger charge is -2.29. The number of rotatable bonds is 9. The highest BCUT2D eigenvalue weighted by Crippen LogP contribution is 2.43. The molecule has 1 aliphatic rings. The molecule has 0 aliphatic carbocycles. The molecule has 0 radical (unpaired) electrons. The topological polar surface area (TPSA) is 96.4 Å². The van der Waals surface area contributed by atoms with Crippen molar-refractivity contribution >= 4 is 39.1 Å². The van der Waals surface area contributed by atoms with Crippen molar-refractivity contribution in [3.05, 3.63) is 42.5 Å². The van der Waals surface area contributed by atoms with Gasteiger partial charge in [0.05, 0.1) is 17.7 Å². The van der Waals surface area contributed by atoms with Crippen LogP contribution in [0.25, 0.3) is 0 Å². The summed E-state index contributed by atoms with van der Waals surface area (Å²) in [7, 11) is -1.05. The Hall–Kier alpha value is -2.27. The van der Waals surface area contributed by atoms with Crippen molar-refractivity contribution in [3.63, 3.8) is 0 Å². The largest absolute Gasteiger partial charge is 0.489 e. The van der Waals surface area contributed by atoms with Gasteiger partial charge in [0.1, 0.15) is 17.3 Å². The quantitative estimate of drug-likeness (QED) is 0.389. The number of carbonyl (C=O) groups excluding carboxylic acids is 1. The molecule has 1 unspecified atom stereocenters. The SMILES string of the molecule is CCCCC1CN(c2ccccc2)c2cc(SC)c(OC[C@@](C)(O)C(=O)OC)cc2S(=O)(=O)N1C. The van der Waals surface area contributed by atoms with Crippen molar-refractivity contribution in [2.24, 2.45) is 0 Å². The Kier molecular flexibility index (Phi) is 8.74. The van der Waals surface area contributed by atoms with Gasteiger partial charge in [-0.2, -0.15) is 4.31 Å². The molecule has 1 aliphatic heterocycles. The van der Waals surface area contributed by atoms with Gasteiger partial charge in [-0.15, -0.1) is 11.8 Å². The highest BCUT2D eigenvalue weighted by atomic mass is 32.2. The summed E-state index contributed by atoms with van der Waals surface area (Å²) < 4.78 is 39.5. The van der Waals surface area contributed by atoms with Crippen molar-refractivity contribution in [2.45, 2.75) is 54.5 Å². The first-order valence-corrected chi connectivity index (χ1v) is 14.2. The first kappa shape index (κ1) is 27.3. The van der Waals surface area contributed by atoms with Gasteiger partial charge in [-0.3, -0.25) is 0 Å². The van der Waals surface area contributed by atoms with Crippen molar-refractivity contribution in [1.82, 2.24) is 4.31 Å². The molecule has 0 bridgehead atoms. The smallest absolute Gasteiger partial charge is 0.341 e. The van der Waals surface area contributed by atoms with Crippen LogP contribution >= 0.6 is 11.8 Å². The minimum Gasteiger partial charge on any atom is -0.489 e. The van der Waals surface area contributed by atoms with Gasteiger partial charge in [-0.25, -0.2) is 13.2 Å². The minimum atomic E-state index is -3.85. The van der Waals surface area contributed by atoms with Gasteiger partial charge in [-0.1, -0.05) is 38.0 Å². The van der Waals surface area contributed by atoms with E-state index in [9.17, 15) is 18.3 Å². The molecule has 2 aromatic rings. The maximum atomic E-state index is 13.8. The fourth-order valence-corrected chi connectivity index (χ4v) is 6.17. The number of para-hydroxylation sites is 1. The van der Waals surface area contributed by atoms with Gasteiger partial charge in [0.25, 0.3) is 0 Å². The second-order valence-corrected chi connectivity index (χ2v) is 11.6. The number of carbonyl (C=O) groups is 1. The molecule has 2 atom stereocenters. The molecule has 0 saturated carbocycles. The number of benzene rings is 2. The summed E-state index contributed by atoms with van der Waals surface area (Å²) >= 11 is 1.39. The van der Waals surface area contributed by atoms with E-state index in [1.54, 1.807) is 7.05 Å². The number of hydrogen-bond donors (Lipinski definition) is 1. The Morgan fingerprint density at radius 2 is 1.94 bits per heavy atom. The van der Waals surface area contributed by atoms with Crippen LogP contribution in [0.2, 0.25) is 0 Å². The Morgan fingerprint density at radius 3 is 2.54 bits per heavy atom. The second-order valence-electron chi connectivity index (χ2n) is 8.79. The molecule has 10 heteroatoms. The molecule has 192 valence electrons. The summed E-state index contributed by atoms with van der Waals surface area (Å²) in [5.74, 6) is -0.559. The number of likely N-dealkylation sites (N-methyl/N-ethyl adjacent to an activating group) is 1. The van der Waals surface area contributed by atoms with Crippen LogP contribution in [-0.2, 0) is 19.6 Å². The third-order valence-electron chi connectivity index (χ3n) is 6.19. The molecular weight excluding hydrogens is 488 g/mol. The number of ether oxygens (including phenoxy) is 2. The number of hydrogen-bond acceptors (Lipinski definition) is 8. The predicted molar refractivity (Wildman–Crippen MR) is 138 cm³/mol. The third-order valence-corrected chi connectivity index (χ3v) is 8.89. The van der Waals surface area contributed by atoms with Gasteiger partial charge in [0.2, 0.25) is 10.0 Å². The number of methoxy groups -OCH3 is 1. The van der Waals surface area contributed by atoms with Crippen molar-refractivity contribution in [2.75, 3.05) is 38.5 Å². The fraction of sp³-hybridized carbons (Fsp3) is 0.480. The average molecular weight is 523 g/mol. The summed E-state index contributed by atoms with van der Waals surface area (Å²) in [5.41, 5.74) is -0.414. The van der Waals surface area contributed by atoms with Crippen LogP contribution in [0.1, 0.15) is 33.1 Å². The van der Waals surface area contributed by atoms with Crippen LogP contribution < -0.4 is 9.64 Å². The summed E-state index contributed by atoms with van der Waals surface area (Å²) in [4.78, 5) is 14.7. The number of unbranched alkanes of at least 4 members (excludes halogenated alkanes) is 1. The molecule has 0 amide bonds. The van der Waals surface area contributed by atoms with Crippen LogP contribution in [0, 0.1) is 0 Å². The standard InChI is InChI=1S/C25H34N2O6S2/c1-6-7-11-19-16-27(18-12-9-8-10-13-18)20-14-22(34-5)21(15-23(20)35(30,31)26(19)3)33-17-25(2,29)24(28)32-4/h8-10,12-15,19,29H,6-7,11,16-17H2,1-5H3/t19?,25-/m1/s1. The maximum Gasteiger partial charge on any atom is 0.341 e. The van der Waals surface area contributed by atoms with Crippen molar-refractivity contribution in [3.8, 4) is 5.75 Å². The first-order chi connectivity index (χ1) is 16.6. The van der Waals surface area contributed by atoms with E-state index in [1.165, 1.54) is 36.2 Å². The Labute approximate surface area is 212 Å². The number of thioether (sulfide) groups is 1. The van der Waals surface area contributed by atoms with E-state index in [2.05, 4.69) is 11.7 Å². The Balaban J connectivity index is 2.15. The predicted octanol–water partition coefficient (Wildman–Crippen LogP) is 4.04. The van der Waals surface area contributed by atoms with Gasteiger partial charge >= 0.3 is 5.97 Å². The molecule has 2 aromatic carbocycles. The molecule has 8 nitrogen and oxygen atoms in total. The lowest BCUT2D eigenvalue weighted by atomic mass is 10.1. The highest BCUT2D eigenvalue weighted by molar-refractivity contribution is 7.98. The van der Waals surface area contributed by atoms with Crippen molar-refractivity contribution in [1.29, 1.82) is 0 Å². The van der Waals surface area contributed by atoms with Gasteiger partial charge < -0.3 is 19.5 Å². The summed E-state index contributed by atoms with van der Waals surface area (Å²) in [6, 6.07) is 12.8. The fourth-order valence-electron chi connectivity index (χ4n) is 4.06. The number of esters is 1. The zero-order valence-corrected chi connectivity index (χ0v) is 22.5. The average Bonchev–Trinajstić information content (AvgIpc) is 2.93. The molecule has 0 fully saturated rings. The highest BCUT2D eigenvalue weighted by Gasteiger charge is 2.38. The van der Waals surface area contributed by atoms with Crippen LogP contribution in [0.4, 0.5) is 11.4 Å². The van der Waals surface area contributed by atoms with Crippen molar-refractivity contribution < 1.29 is 27.8 Å². The lowest BCUT2D eigenvalue weighted by Crippen LogP contribution is -2.42. The number of nitrogens with zero attached hydrogens (tertiary/aromatic N) is 2. The number of sulfonamides is 1. The van der Waals surface area contributed by atoms with Crippen LogP contribution in [0.5, 0.6) is 5.75 Å². The van der Waals surface area contributed by atoms with E-state index in [4.69, 9.17) is 4.74 Å². The van der Waals surface area contributed by atoms with E-state index in [0.29, 0.717) is 17.1 Å². The maximum absolute atomic E-state index is 13.8. The van der Waals surface area contributed by atoms with Crippen LogP contribution in [-0.4, -0.2) is 69.0 Å². The molecule has 0 saturated heterocycles. The zero-order chi connectivity index (χ0) is 25.8. The summed E-state index contributed by atoms with van der Waals surface area (Å²) in [6.07, 6.45) is 4.49. The van der Waals surface area contributed by atoms with Gasteiger partial charge in [0.15, 0.2) is 5.60 Å². The Bertz CT molecular complexity index is 1140. The number of anilines is 2. The molecule has 1 heterocycles. The molecule has 0 aromatic heterocycles. The molecule has 0 spiro atoms. The molecule has 35 heavy (non-hydrogen) atoms. The van der Waals surface area contributed by atoms with Gasteiger partial charge in [0, 0.05) is 31.4 Å². The van der Waals surface area contributed by atoms with Gasteiger partial charge in [-0.05, 0) is 37.8 Å². The van der Waals surface area contributed by atoms with Crippen LogP contribution in [0.3, 0.4) is 0 Å². The van der Waals surface area contributed by atoms with Crippen LogP contribution in [0.15, 0.2) is 52.3 Å². The van der Waals surface area contributed by atoms with E-state index in [1.807, 2.05) is 47.6 Å². The normalized spacial score (nSPS) is 19.4. The van der Waals surface area contributed by atoms with E-state index in [-0.39, 0.29) is 23.3 Å².